The first-order chi connectivity index (χ1) is 10.3. The summed E-state index contributed by atoms with van der Waals surface area (Å²) in [7, 11) is 0. The third-order valence-corrected chi connectivity index (χ3v) is 5.16. The van der Waals surface area contributed by atoms with E-state index in [0.29, 0.717) is 6.04 Å². The van der Waals surface area contributed by atoms with Crippen molar-refractivity contribution >= 4 is 0 Å². The van der Waals surface area contributed by atoms with Gasteiger partial charge in [0.1, 0.15) is 0 Å². The summed E-state index contributed by atoms with van der Waals surface area (Å²) in [6, 6.07) is 17.0. The summed E-state index contributed by atoms with van der Waals surface area (Å²) in [5.41, 5.74) is 7.26. The summed E-state index contributed by atoms with van der Waals surface area (Å²) in [4.78, 5) is 0. The molecule has 2 aromatic carbocycles. The van der Waals surface area contributed by atoms with Gasteiger partial charge in [0, 0.05) is 12.1 Å². The highest BCUT2D eigenvalue weighted by molar-refractivity contribution is 5.76. The predicted molar refractivity (Wildman–Crippen MR) is 88.5 cm³/mol. The van der Waals surface area contributed by atoms with Gasteiger partial charge in [-0.3, -0.25) is 0 Å². The van der Waals surface area contributed by atoms with E-state index >= 15 is 0 Å². The van der Waals surface area contributed by atoms with Crippen molar-refractivity contribution in [3.63, 3.8) is 0 Å². The second kappa shape index (κ2) is 5.31. The summed E-state index contributed by atoms with van der Waals surface area (Å²) < 4.78 is 0. The van der Waals surface area contributed by atoms with Crippen molar-refractivity contribution < 1.29 is 0 Å². The predicted octanol–water partition coefficient (Wildman–Crippen LogP) is 4.85. The van der Waals surface area contributed by atoms with Crippen LogP contribution >= 0.6 is 0 Å². The van der Waals surface area contributed by atoms with Crippen molar-refractivity contribution in [2.45, 2.75) is 51.1 Å². The van der Waals surface area contributed by atoms with Crippen molar-refractivity contribution in [3.8, 4) is 11.1 Å². The Morgan fingerprint density at radius 1 is 0.952 bits per heavy atom. The number of rotatable bonds is 3. The fraction of sp³-hybridized carbons (Fsp3) is 0.400. The minimum Gasteiger partial charge on any atom is -0.307 e. The van der Waals surface area contributed by atoms with E-state index in [2.05, 4.69) is 54.7 Å². The quantitative estimate of drug-likeness (QED) is 0.721. The smallest absolute Gasteiger partial charge is 0.0294 e. The molecule has 1 N–H and O–H groups in total. The molecule has 1 nitrogen and oxygen atoms in total. The molecule has 2 aromatic rings. The third-order valence-electron chi connectivity index (χ3n) is 5.16. The molecule has 0 aromatic heterocycles. The minimum absolute atomic E-state index is 0.460. The average Bonchev–Trinajstić information content (AvgIpc) is 3.13. The van der Waals surface area contributed by atoms with E-state index < -0.39 is 0 Å². The summed E-state index contributed by atoms with van der Waals surface area (Å²) in [5, 5.41) is 3.81. The van der Waals surface area contributed by atoms with Gasteiger partial charge in [0.05, 0.1) is 0 Å². The van der Waals surface area contributed by atoms with Gasteiger partial charge >= 0.3 is 0 Å². The van der Waals surface area contributed by atoms with Crippen LogP contribution < -0.4 is 5.32 Å². The zero-order valence-corrected chi connectivity index (χ0v) is 12.7. The Labute approximate surface area is 127 Å². The standard InChI is InChI=1S/C20H23N/c1-14(21-18-7-3-4-8-18)15-10-11-20-17(12-15)13-16-6-2-5-9-19(16)20/h2,5-6,9-12,14,18,21H,3-4,7-8,13H2,1H3. The van der Waals surface area contributed by atoms with E-state index in [4.69, 9.17) is 0 Å². The van der Waals surface area contributed by atoms with Gasteiger partial charge in [-0.2, -0.15) is 0 Å². The normalized spacial score (nSPS) is 18.5. The molecule has 1 heteroatoms. The van der Waals surface area contributed by atoms with Crippen molar-refractivity contribution in [2.75, 3.05) is 0 Å². The van der Waals surface area contributed by atoms with E-state index in [0.717, 1.165) is 12.5 Å². The average molecular weight is 277 g/mol. The number of hydrogen-bond acceptors (Lipinski definition) is 1. The van der Waals surface area contributed by atoms with Gasteiger partial charge in [0.15, 0.2) is 0 Å². The van der Waals surface area contributed by atoms with Crippen LogP contribution in [0.3, 0.4) is 0 Å². The molecule has 1 saturated carbocycles. The van der Waals surface area contributed by atoms with E-state index in [-0.39, 0.29) is 0 Å². The molecule has 4 rings (SSSR count). The number of nitrogens with one attached hydrogen (secondary N) is 1. The molecular formula is C20H23N. The van der Waals surface area contributed by atoms with E-state index in [1.807, 2.05) is 0 Å². The Balaban J connectivity index is 1.58. The molecule has 1 unspecified atom stereocenters. The van der Waals surface area contributed by atoms with Crippen LogP contribution in [-0.2, 0) is 6.42 Å². The Kier molecular flexibility index (Phi) is 3.31. The Morgan fingerprint density at radius 3 is 2.57 bits per heavy atom. The molecule has 0 radical (unpaired) electrons. The summed E-state index contributed by atoms with van der Waals surface area (Å²) >= 11 is 0. The molecule has 108 valence electrons. The van der Waals surface area contributed by atoms with Crippen molar-refractivity contribution in [1.29, 1.82) is 0 Å². The van der Waals surface area contributed by atoms with Crippen LogP contribution in [0.25, 0.3) is 11.1 Å². The van der Waals surface area contributed by atoms with Crippen LogP contribution in [0.1, 0.15) is 55.3 Å². The van der Waals surface area contributed by atoms with Gasteiger partial charge in [0.2, 0.25) is 0 Å². The minimum atomic E-state index is 0.460. The highest BCUT2D eigenvalue weighted by Gasteiger charge is 2.21. The summed E-state index contributed by atoms with van der Waals surface area (Å²) in [6.07, 6.45) is 6.57. The number of benzene rings is 2. The molecule has 0 amide bonds. The lowest BCUT2D eigenvalue weighted by Crippen LogP contribution is -2.28. The second-order valence-corrected chi connectivity index (χ2v) is 6.62. The molecule has 0 heterocycles. The maximum absolute atomic E-state index is 3.81. The highest BCUT2D eigenvalue weighted by atomic mass is 14.9. The van der Waals surface area contributed by atoms with Gasteiger partial charge in [-0.25, -0.2) is 0 Å². The Morgan fingerprint density at radius 2 is 1.71 bits per heavy atom. The second-order valence-electron chi connectivity index (χ2n) is 6.62. The zero-order chi connectivity index (χ0) is 14.2. The van der Waals surface area contributed by atoms with E-state index in [1.54, 1.807) is 0 Å². The van der Waals surface area contributed by atoms with E-state index in [9.17, 15) is 0 Å². The fourth-order valence-corrected chi connectivity index (χ4v) is 3.98. The summed E-state index contributed by atoms with van der Waals surface area (Å²) in [6.45, 7) is 2.31. The molecule has 0 saturated heterocycles. The summed E-state index contributed by atoms with van der Waals surface area (Å²) in [5.74, 6) is 0. The maximum Gasteiger partial charge on any atom is 0.0294 e. The first-order valence-electron chi connectivity index (χ1n) is 8.28. The highest BCUT2D eigenvalue weighted by Crippen LogP contribution is 2.37. The Hall–Kier alpha value is -1.60. The van der Waals surface area contributed by atoms with Gasteiger partial charge in [-0.05, 0) is 54.0 Å². The topological polar surface area (TPSA) is 12.0 Å². The largest absolute Gasteiger partial charge is 0.307 e. The van der Waals surface area contributed by atoms with Crippen LogP contribution in [0.5, 0.6) is 0 Å². The van der Waals surface area contributed by atoms with Gasteiger partial charge in [-0.15, -0.1) is 0 Å². The molecule has 0 bridgehead atoms. The lowest BCUT2D eigenvalue weighted by Gasteiger charge is -2.20. The van der Waals surface area contributed by atoms with Crippen LogP contribution in [0.15, 0.2) is 42.5 Å². The van der Waals surface area contributed by atoms with Crippen molar-refractivity contribution in [1.82, 2.24) is 5.32 Å². The molecule has 0 spiro atoms. The zero-order valence-electron chi connectivity index (χ0n) is 12.7. The number of fused-ring (bicyclic) bond motifs is 3. The van der Waals surface area contributed by atoms with Crippen LogP contribution in [-0.4, -0.2) is 6.04 Å². The lowest BCUT2D eigenvalue weighted by molar-refractivity contribution is 0.461. The molecule has 2 aliphatic rings. The molecule has 2 aliphatic carbocycles. The fourth-order valence-electron chi connectivity index (χ4n) is 3.98. The van der Waals surface area contributed by atoms with Gasteiger partial charge < -0.3 is 5.32 Å². The van der Waals surface area contributed by atoms with E-state index in [1.165, 1.54) is 53.5 Å². The van der Waals surface area contributed by atoms with Gasteiger partial charge in [0.25, 0.3) is 0 Å². The SMILES string of the molecule is CC(NC1CCCC1)c1ccc2c(c1)Cc1ccccc1-2. The van der Waals surface area contributed by atoms with Gasteiger partial charge in [-0.1, -0.05) is 55.3 Å². The molecular weight excluding hydrogens is 254 g/mol. The maximum atomic E-state index is 3.81. The molecule has 1 fully saturated rings. The Bertz CT molecular complexity index is 653. The monoisotopic (exact) mass is 277 g/mol. The third kappa shape index (κ3) is 2.40. The lowest BCUT2D eigenvalue weighted by atomic mass is 9.99. The van der Waals surface area contributed by atoms with Crippen molar-refractivity contribution in [3.05, 3.63) is 59.2 Å². The number of hydrogen-bond donors (Lipinski definition) is 1. The first-order valence-corrected chi connectivity index (χ1v) is 8.28. The molecule has 1 atom stereocenters. The van der Waals surface area contributed by atoms with Crippen LogP contribution in [0.2, 0.25) is 0 Å². The first kappa shape index (κ1) is 13.1. The van der Waals surface area contributed by atoms with Crippen LogP contribution in [0, 0.1) is 0 Å². The molecule has 0 aliphatic heterocycles. The molecule has 21 heavy (non-hydrogen) atoms. The van der Waals surface area contributed by atoms with Crippen LogP contribution in [0.4, 0.5) is 0 Å². The van der Waals surface area contributed by atoms with Crippen molar-refractivity contribution in [2.24, 2.45) is 0 Å².